The van der Waals surface area contributed by atoms with E-state index in [0.717, 1.165) is 82.5 Å². The summed E-state index contributed by atoms with van der Waals surface area (Å²) in [5, 5.41) is 42.5. The highest BCUT2D eigenvalue weighted by Crippen LogP contribution is 2.49. The summed E-state index contributed by atoms with van der Waals surface area (Å²) in [6, 6.07) is 0. The van der Waals surface area contributed by atoms with Gasteiger partial charge in [0.2, 0.25) is 0 Å². The van der Waals surface area contributed by atoms with Crippen molar-refractivity contribution in [2.75, 3.05) is 0 Å². The molecule has 10 atom stereocenters. The molecule has 0 heterocycles. The van der Waals surface area contributed by atoms with Crippen molar-refractivity contribution in [1.82, 2.24) is 0 Å². The Morgan fingerprint density at radius 1 is 0.429 bits per heavy atom. The van der Waals surface area contributed by atoms with E-state index in [0.29, 0.717) is 47.3 Å². The first-order valence-corrected chi connectivity index (χ1v) is 15.4. The Morgan fingerprint density at radius 3 is 1.11 bits per heavy atom. The maximum absolute atomic E-state index is 11.3. The Labute approximate surface area is 215 Å². The summed E-state index contributed by atoms with van der Waals surface area (Å²) >= 11 is 0. The Balaban J connectivity index is 1.38. The molecule has 0 bridgehead atoms. The van der Waals surface area contributed by atoms with Crippen molar-refractivity contribution < 1.29 is 20.4 Å². The lowest BCUT2D eigenvalue weighted by Crippen LogP contribution is -2.47. The zero-order valence-corrected chi connectivity index (χ0v) is 23.1. The van der Waals surface area contributed by atoms with E-state index < -0.39 is 0 Å². The average Bonchev–Trinajstić information content (AvgIpc) is 2.84. The summed E-state index contributed by atoms with van der Waals surface area (Å²) in [4.78, 5) is 0. The fraction of sp³-hybridized carbons (Fsp3) is 1.00. The molecule has 4 rings (SSSR count). The molecule has 4 saturated carbocycles. The summed E-state index contributed by atoms with van der Waals surface area (Å²) in [7, 11) is 0. The van der Waals surface area contributed by atoms with Crippen LogP contribution in [0.4, 0.5) is 0 Å². The Bertz CT molecular complexity index is 584. The smallest absolute Gasteiger partial charge is 0.0596 e. The van der Waals surface area contributed by atoms with Crippen LogP contribution in [0.15, 0.2) is 0 Å². The minimum Gasteiger partial charge on any atom is -0.393 e. The van der Waals surface area contributed by atoms with Gasteiger partial charge in [0.15, 0.2) is 0 Å². The van der Waals surface area contributed by atoms with Gasteiger partial charge in [-0.2, -0.15) is 0 Å². The van der Waals surface area contributed by atoms with Crippen molar-refractivity contribution in [3.8, 4) is 0 Å². The molecule has 4 aliphatic rings. The zero-order valence-electron chi connectivity index (χ0n) is 23.1. The van der Waals surface area contributed by atoms with Crippen LogP contribution < -0.4 is 0 Å². The number of aliphatic hydroxyl groups is 4. The predicted octanol–water partition coefficient (Wildman–Crippen LogP) is 5.80. The first-order valence-electron chi connectivity index (χ1n) is 15.4. The van der Waals surface area contributed by atoms with Crippen LogP contribution >= 0.6 is 0 Å². The molecule has 0 aromatic rings. The van der Waals surface area contributed by atoms with Gasteiger partial charge in [-0.1, -0.05) is 27.7 Å². The lowest BCUT2D eigenvalue weighted by molar-refractivity contribution is -0.0802. The highest BCUT2D eigenvalue weighted by atomic mass is 16.3. The van der Waals surface area contributed by atoms with Gasteiger partial charge in [0.05, 0.1) is 24.4 Å². The fourth-order valence-corrected chi connectivity index (χ4v) is 8.92. The van der Waals surface area contributed by atoms with E-state index >= 15 is 0 Å². The van der Waals surface area contributed by atoms with Crippen LogP contribution in [0.25, 0.3) is 0 Å². The Morgan fingerprint density at radius 2 is 0.771 bits per heavy atom. The van der Waals surface area contributed by atoms with Gasteiger partial charge >= 0.3 is 0 Å². The first kappa shape index (κ1) is 27.9. The minimum absolute atomic E-state index is 0.0904. The van der Waals surface area contributed by atoms with Gasteiger partial charge in [-0.3, -0.25) is 0 Å². The third kappa shape index (κ3) is 6.65. The third-order valence-electron chi connectivity index (χ3n) is 11.9. The van der Waals surface area contributed by atoms with Crippen molar-refractivity contribution in [2.24, 2.45) is 59.2 Å². The summed E-state index contributed by atoms with van der Waals surface area (Å²) in [5.41, 5.74) is 0. The largest absolute Gasteiger partial charge is 0.393 e. The lowest BCUT2D eigenvalue weighted by Gasteiger charge is -2.48. The third-order valence-corrected chi connectivity index (χ3v) is 11.9. The Hall–Kier alpha value is -0.160. The van der Waals surface area contributed by atoms with Gasteiger partial charge in [-0.05, 0) is 143 Å². The van der Waals surface area contributed by atoms with Crippen LogP contribution in [0.2, 0.25) is 0 Å². The van der Waals surface area contributed by atoms with E-state index in [2.05, 4.69) is 27.7 Å². The molecule has 204 valence electrons. The number of hydrogen-bond acceptors (Lipinski definition) is 4. The van der Waals surface area contributed by atoms with Crippen LogP contribution in [0.5, 0.6) is 0 Å². The van der Waals surface area contributed by atoms with E-state index in [1.807, 2.05) is 0 Å². The molecule has 4 N–H and O–H groups in total. The normalized spacial score (nSPS) is 51.8. The molecule has 0 aromatic carbocycles. The second-order valence-corrected chi connectivity index (χ2v) is 14.0. The van der Waals surface area contributed by atoms with Crippen LogP contribution in [-0.2, 0) is 0 Å². The topological polar surface area (TPSA) is 80.9 Å². The van der Waals surface area contributed by atoms with Crippen LogP contribution in [-0.4, -0.2) is 44.8 Å². The van der Waals surface area contributed by atoms with E-state index in [9.17, 15) is 20.4 Å². The number of hydrogen-bond donors (Lipinski definition) is 4. The maximum Gasteiger partial charge on any atom is 0.0596 e. The van der Waals surface area contributed by atoms with Gasteiger partial charge in [0.1, 0.15) is 0 Å². The summed E-state index contributed by atoms with van der Waals surface area (Å²) in [6.45, 7) is 9.20. The zero-order chi connectivity index (χ0) is 25.3. The molecule has 10 unspecified atom stereocenters. The molecule has 35 heavy (non-hydrogen) atoms. The van der Waals surface area contributed by atoms with Gasteiger partial charge in [0.25, 0.3) is 0 Å². The molecular weight excluding hydrogens is 436 g/mol. The quantitative estimate of drug-likeness (QED) is 0.378. The average molecular weight is 493 g/mol. The van der Waals surface area contributed by atoms with Crippen molar-refractivity contribution in [3.63, 3.8) is 0 Å². The molecule has 0 amide bonds. The summed E-state index contributed by atoms with van der Waals surface area (Å²) < 4.78 is 0. The summed E-state index contributed by atoms with van der Waals surface area (Å²) in [6.07, 6.45) is 13.4. The fourth-order valence-electron chi connectivity index (χ4n) is 8.92. The first-order chi connectivity index (χ1) is 16.6. The molecule has 4 nitrogen and oxygen atoms in total. The SMILES string of the molecule is CC1C(CC2CCC(O)CC2)CC(CC2CC(CC3CCC(O)CC3)C(C)C(C)C2O)C(O)C1C. The second-order valence-electron chi connectivity index (χ2n) is 14.0. The van der Waals surface area contributed by atoms with E-state index in [-0.39, 0.29) is 24.4 Å². The molecule has 0 aromatic heterocycles. The van der Waals surface area contributed by atoms with Gasteiger partial charge in [-0.25, -0.2) is 0 Å². The minimum atomic E-state index is -0.255. The number of rotatable bonds is 6. The standard InChI is InChI=1S/C31H56O4/c1-18-20(3)30(34)26(15-24(18)13-22-5-9-28(32)10-6-22)17-27-16-25(19(2)21(4)31(27)35)14-23-7-11-29(33)12-8-23/h18-35H,5-17H2,1-4H3. The van der Waals surface area contributed by atoms with Crippen molar-refractivity contribution in [3.05, 3.63) is 0 Å². The number of aliphatic hydroxyl groups excluding tert-OH is 4. The van der Waals surface area contributed by atoms with Gasteiger partial charge in [0, 0.05) is 0 Å². The lowest BCUT2D eigenvalue weighted by atomic mass is 9.59. The molecule has 0 radical (unpaired) electrons. The van der Waals surface area contributed by atoms with Crippen LogP contribution in [0, 0.1) is 59.2 Å². The van der Waals surface area contributed by atoms with Crippen LogP contribution in [0.1, 0.15) is 111 Å². The van der Waals surface area contributed by atoms with Gasteiger partial charge in [-0.15, -0.1) is 0 Å². The summed E-state index contributed by atoms with van der Waals surface area (Å²) in [5.74, 6) is 5.07. The Kier molecular flexibility index (Phi) is 9.66. The predicted molar refractivity (Wildman–Crippen MR) is 142 cm³/mol. The molecule has 0 spiro atoms. The van der Waals surface area contributed by atoms with Crippen molar-refractivity contribution >= 4 is 0 Å². The highest BCUT2D eigenvalue weighted by molar-refractivity contribution is 4.95. The highest BCUT2D eigenvalue weighted by Gasteiger charge is 2.45. The van der Waals surface area contributed by atoms with E-state index in [1.54, 1.807) is 0 Å². The molecular formula is C31H56O4. The molecule has 0 saturated heterocycles. The molecule has 4 aliphatic carbocycles. The molecule has 0 aliphatic heterocycles. The van der Waals surface area contributed by atoms with Crippen molar-refractivity contribution in [1.29, 1.82) is 0 Å². The van der Waals surface area contributed by atoms with Gasteiger partial charge < -0.3 is 20.4 Å². The molecule has 4 heteroatoms. The molecule has 4 fully saturated rings. The van der Waals surface area contributed by atoms with Crippen LogP contribution in [0.3, 0.4) is 0 Å². The monoisotopic (exact) mass is 492 g/mol. The van der Waals surface area contributed by atoms with E-state index in [4.69, 9.17) is 0 Å². The maximum atomic E-state index is 11.3. The van der Waals surface area contributed by atoms with E-state index in [1.165, 1.54) is 12.8 Å². The second kappa shape index (κ2) is 12.1. The van der Waals surface area contributed by atoms with Crippen molar-refractivity contribution in [2.45, 2.75) is 136 Å².